The third-order valence-electron chi connectivity index (χ3n) is 7.54. The highest BCUT2D eigenvalue weighted by atomic mass is 19.1. The van der Waals surface area contributed by atoms with E-state index in [1.807, 2.05) is 0 Å². The quantitative estimate of drug-likeness (QED) is 0.775. The number of nitrogens with zero attached hydrogens (tertiary/aromatic N) is 1. The second-order valence-corrected chi connectivity index (χ2v) is 9.52. The van der Waals surface area contributed by atoms with Crippen LogP contribution in [0.25, 0.3) is 0 Å². The number of rotatable bonds is 5. The van der Waals surface area contributed by atoms with Crippen LogP contribution in [0.2, 0.25) is 0 Å². The lowest BCUT2D eigenvalue weighted by Crippen LogP contribution is -2.40. The summed E-state index contributed by atoms with van der Waals surface area (Å²) < 4.78 is 31.1. The van der Waals surface area contributed by atoms with Crippen LogP contribution >= 0.6 is 0 Å². The number of benzene rings is 1. The van der Waals surface area contributed by atoms with Crippen molar-refractivity contribution >= 4 is 5.91 Å². The molecule has 3 fully saturated rings. The minimum Gasteiger partial charge on any atom is -0.493 e. The number of ether oxygens (including phenoxy) is 3. The van der Waals surface area contributed by atoms with E-state index in [-0.39, 0.29) is 29.6 Å². The molecule has 1 aromatic carbocycles. The van der Waals surface area contributed by atoms with Gasteiger partial charge in [0.05, 0.1) is 12.5 Å². The predicted octanol–water partition coefficient (Wildman–Crippen LogP) is 2.78. The lowest BCUT2D eigenvalue weighted by molar-refractivity contribution is -0.126. The summed E-state index contributed by atoms with van der Waals surface area (Å²) in [4.78, 5) is 15.7. The smallest absolute Gasteiger partial charge is 0.224 e. The van der Waals surface area contributed by atoms with Gasteiger partial charge in [-0.2, -0.15) is 0 Å². The highest BCUT2D eigenvalue weighted by molar-refractivity contribution is 5.80. The van der Waals surface area contributed by atoms with Gasteiger partial charge in [0.25, 0.3) is 0 Å². The van der Waals surface area contributed by atoms with Gasteiger partial charge in [0.1, 0.15) is 11.6 Å². The van der Waals surface area contributed by atoms with Crippen molar-refractivity contribution in [3.8, 4) is 5.75 Å². The van der Waals surface area contributed by atoms with Crippen LogP contribution in [0.1, 0.15) is 37.3 Å². The predicted molar refractivity (Wildman–Crippen MR) is 113 cm³/mol. The molecule has 0 radical (unpaired) electrons. The number of fused-ring (bicyclic) bond motifs is 3. The van der Waals surface area contributed by atoms with E-state index in [4.69, 9.17) is 14.2 Å². The van der Waals surface area contributed by atoms with Gasteiger partial charge < -0.3 is 19.5 Å². The van der Waals surface area contributed by atoms with Crippen LogP contribution in [0.5, 0.6) is 5.75 Å². The molecule has 5 rings (SSSR count). The number of hydrogen-bond donors (Lipinski definition) is 1. The fourth-order valence-corrected chi connectivity index (χ4v) is 5.75. The van der Waals surface area contributed by atoms with E-state index >= 15 is 0 Å². The Labute approximate surface area is 183 Å². The Morgan fingerprint density at radius 1 is 1.06 bits per heavy atom. The summed E-state index contributed by atoms with van der Waals surface area (Å²) in [6.45, 7) is 6.00. The SMILES string of the molecule is O=C(NCC1CCOCC1)[C@@H]1CN(CC2CCOCC2)[C@H]2c3cc(F)ccc3OC[C@@H]12. The zero-order valence-corrected chi connectivity index (χ0v) is 18.1. The minimum atomic E-state index is -0.249. The van der Waals surface area contributed by atoms with Crippen molar-refractivity contribution in [1.29, 1.82) is 0 Å². The van der Waals surface area contributed by atoms with E-state index in [1.54, 1.807) is 12.1 Å². The lowest BCUT2D eigenvalue weighted by Gasteiger charge is -2.36. The highest BCUT2D eigenvalue weighted by Gasteiger charge is 2.49. The molecule has 7 heteroatoms. The number of carbonyl (C=O) groups is 1. The van der Waals surface area contributed by atoms with Crippen molar-refractivity contribution in [2.45, 2.75) is 31.7 Å². The van der Waals surface area contributed by atoms with Gasteiger partial charge in [-0.15, -0.1) is 0 Å². The van der Waals surface area contributed by atoms with Crippen molar-refractivity contribution < 1.29 is 23.4 Å². The first-order valence-corrected chi connectivity index (χ1v) is 11.8. The van der Waals surface area contributed by atoms with Crippen molar-refractivity contribution in [2.24, 2.45) is 23.7 Å². The van der Waals surface area contributed by atoms with Gasteiger partial charge in [0, 0.05) is 63.6 Å². The summed E-state index contributed by atoms with van der Waals surface area (Å²) >= 11 is 0. The summed E-state index contributed by atoms with van der Waals surface area (Å²) in [6, 6.07) is 4.81. The molecular formula is C24H33FN2O4. The molecule has 4 heterocycles. The molecule has 1 N–H and O–H groups in total. The van der Waals surface area contributed by atoms with Gasteiger partial charge in [0.15, 0.2) is 0 Å². The molecule has 1 aromatic rings. The van der Waals surface area contributed by atoms with Gasteiger partial charge in [0.2, 0.25) is 5.91 Å². The van der Waals surface area contributed by atoms with E-state index in [9.17, 15) is 9.18 Å². The molecule has 0 bridgehead atoms. The number of amides is 1. The van der Waals surface area contributed by atoms with Crippen LogP contribution in [-0.4, -0.2) is 63.5 Å². The molecule has 0 spiro atoms. The van der Waals surface area contributed by atoms with Gasteiger partial charge in [-0.1, -0.05) is 0 Å². The normalized spacial score (nSPS) is 29.8. The Bertz CT molecular complexity index is 779. The van der Waals surface area contributed by atoms with Gasteiger partial charge in [-0.25, -0.2) is 4.39 Å². The molecule has 170 valence electrons. The fourth-order valence-electron chi connectivity index (χ4n) is 5.75. The first kappa shape index (κ1) is 21.2. The van der Waals surface area contributed by atoms with Crippen LogP contribution in [0, 0.1) is 29.5 Å². The molecule has 0 aliphatic carbocycles. The molecule has 3 saturated heterocycles. The summed E-state index contributed by atoms with van der Waals surface area (Å²) in [7, 11) is 0. The Morgan fingerprint density at radius 3 is 2.52 bits per heavy atom. The topological polar surface area (TPSA) is 60.0 Å². The maximum Gasteiger partial charge on any atom is 0.224 e. The second kappa shape index (κ2) is 9.43. The van der Waals surface area contributed by atoms with Crippen LogP contribution in [-0.2, 0) is 14.3 Å². The second-order valence-electron chi connectivity index (χ2n) is 9.52. The monoisotopic (exact) mass is 432 g/mol. The zero-order valence-electron chi connectivity index (χ0n) is 18.1. The molecule has 1 amide bonds. The summed E-state index contributed by atoms with van der Waals surface area (Å²) in [5, 5.41) is 3.22. The van der Waals surface area contributed by atoms with Gasteiger partial charge >= 0.3 is 0 Å². The Balaban J connectivity index is 1.33. The Kier molecular flexibility index (Phi) is 6.44. The van der Waals surface area contributed by atoms with Crippen molar-refractivity contribution in [1.82, 2.24) is 10.2 Å². The average molecular weight is 433 g/mol. The van der Waals surface area contributed by atoms with Crippen LogP contribution in [0.3, 0.4) is 0 Å². The highest BCUT2D eigenvalue weighted by Crippen LogP contribution is 2.48. The fraction of sp³-hybridized carbons (Fsp3) is 0.708. The van der Waals surface area contributed by atoms with Gasteiger partial charge in [-0.3, -0.25) is 9.69 Å². The Morgan fingerprint density at radius 2 is 1.77 bits per heavy atom. The third-order valence-corrected chi connectivity index (χ3v) is 7.54. The molecule has 0 unspecified atom stereocenters. The number of nitrogens with one attached hydrogen (secondary N) is 1. The van der Waals surface area contributed by atoms with Crippen molar-refractivity contribution in [3.63, 3.8) is 0 Å². The zero-order chi connectivity index (χ0) is 21.2. The van der Waals surface area contributed by atoms with E-state index in [0.29, 0.717) is 31.5 Å². The number of hydrogen-bond acceptors (Lipinski definition) is 5. The summed E-state index contributed by atoms with van der Waals surface area (Å²) in [5.74, 6) is 1.57. The van der Waals surface area contributed by atoms with Crippen molar-refractivity contribution in [3.05, 3.63) is 29.6 Å². The van der Waals surface area contributed by atoms with E-state index < -0.39 is 0 Å². The molecular weight excluding hydrogens is 399 g/mol. The van der Waals surface area contributed by atoms with Crippen molar-refractivity contribution in [2.75, 3.05) is 52.7 Å². The lowest BCUT2D eigenvalue weighted by atomic mass is 9.84. The molecule has 6 nitrogen and oxygen atoms in total. The summed E-state index contributed by atoms with van der Waals surface area (Å²) in [6.07, 6.45) is 4.09. The van der Waals surface area contributed by atoms with E-state index in [2.05, 4.69) is 10.2 Å². The molecule has 4 aliphatic heterocycles. The van der Waals surface area contributed by atoms with Crippen LogP contribution in [0.4, 0.5) is 4.39 Å². The van der Waals surface area contributed by atoms with E-state index in [0.717, 1.165) is 70.0 Å². The Hall–Kier alpha value is -1.70. The largest absolute Gasteiger partial charge is 0.493 e. The average Bonchev–Trinajstić information content (AvgIpc) is 3.17. The van der Waals surface area contributed by atoms with Crippen LogP contribution in [0.15, 0.2) is 18.2 Å². The minimum absolute atomic E-state index is 0.0288. The molecule has 31 heavy (non-hydrogen) atoms. The molecule has 0 aromatic heterocycles. The first-order valence-electron chi connectivity index (χ1n) is 11.8. The maximum absolute atomic E-state index is 14.1. The van der Waals surface area contributed by atoms with Crippen LogP contribution < -0.4 is 10.1 Å². The third kappa shape index (κ3) is 4.59. The number of likely N-dealkylation sites (tertiary alicyclic amines) is 1. The van der Waals surface area contributed by atoms with Gasteiger partial charge in [-0.05, 0) is 55.7 Å². The molecule has 0 saturated carbocycles. The van der Waals surface area contributed by atoms with E-state index in [1.165, 1.54) is 6.07 Å². The number of carbonyl (C=O) groups excluding carboxylic acids is 1. The number of halogens is 1. The maximum atomic E-state index is 14.1. The summed E-state index contributed by atoms with van der Waals surface area (Å²) in [5.41, 5.74) is 0.892. The molecule has 3 atom stereocenters. The first-order chi connectivity index (χ1) is 15.2. The molecule has 4 aliphatic rings. The standard InChI is InChI=1S/C24H33FN2O4/c25-18-1-2-22-19(11-18)23-21(15-31-22)20(14-27(23)13-17-5-9-30-10-6-17)24(28)26-12-16-3-7-29-8-4-16/h1-2,11,16-17,20-21,23H,3-10,12-15H2,(H,26,28)/t20-,21+,23+/m1/s1.